The van der Waals surface area contributed by atoms with Gasteiger partial charge in [-0.2, -0.15) is 0 Å². The summed E-state index contributed by atoms with van der Waals surface area (Å²) in [5, 5.41) is 3.47. The van der Waals surface area contributed by atoms with Gasteiger partial charge in [0.2, 0.25) is 5.88 Å². The van der Waals surface area contributed by atoms with E-state index in [1.54, 1.807) is 7.11 Å². The molecule has 2 aromatic heterocycles. The summed E-state index contributed by atoms with van der Waals surface area (Å²) in [7, 11) is 1.63. The van der Waals surface area contributed by atoms with Gasteiger partial charge in [0.05, 0.1) is 18.3 Å². The van der Waals surface area contributed by atoms with Crippen molar-refractivity contribution in [2.24, 2.45) is 5.73 Å². The molecule has 3 N–H and O–H groups in total. The Kier molecular flexibility index (Phi) is 4.17. The number of pyridine rings is 2. The molecule has 6 heteroatoms. The first-order chi connectivity index (χ1) is 10.3. The van der Waals surface area contributed by atoms with Crippen LogP contribution < -0.4 is 20.7 Å². The number of hydrogen-bond acceptors (Lipinski definition) is 6. The first-order valence-corrected chi connectivity index (χ1v) is 7.30. The fourth-order valence-corrected chi connectivity index (χ4v) is 2.80. The molecule has 2 aromatic rings. The van der Waals surface area contributed by atoms with Crippen molar-refractivity contribution in [2.45, 2.75) is 12.5 Å². The summed E-state index contributed by atoms with van der Waals surface area (Å²) in [5.74, 6) is 0.619. The van der Waals surface area contributed by atoms with Gasteiger partial charge in [0.25, 0.3) is 0 Å². The Hall–Kier alpha value is -1.92. The molecule has 21 heavy (non-hydrogen) atoms. The van der Waals surface area contributed by atoms with E-state index in [9.17, 15) is 0 Å². The van der Waals surface area contributed by atoms with Crippen LogP contribution in [0.15, 0.2) is 24.4 Å². The molecule has 0 amide bonds. The van der Waals surface area contributed by atoms with Gasteiger partial charge in [0.1, 0.15) is 5.52 Å². The van der Waals surface area contributed by atoms with Crippen LogP contribution in [0, 0.1) is 0 Å². The smallest absolute Gasteiger partial charge is 0.213 e. The van der Waals surface area contributed by atoms with Crippen LogP contribution in [0.1, 0.15) is 6.42 Å². The standard InChI is InChI=1S/C15H21N5O/c1-21-14-3-2-12-15(19-14)13(4-7-18-12)20-9-5-11(10-20)17-8-6-16/h2-4,7,11,17H,5-6,8-10,16H2,1H3. The Morgan fingerprint density at radius 1 is 1.43 bits per heavy atom. The molecule has 1 aliphatic heterocycles. The summed E-state index contributed by atoms with van der Waals surface area (Å²) < 4.78 is 5.23. The average Bonchev–Trinajstić information content (AvgIpc) is 3.00. The second-order valence-corrected chi connectivity index (χ2v) is 5.23. The highest BCUT2D eigenvalue weighted by molar-refractivity contribution is 5.88. The van der Waals surface area contributed by atoms with Gasteiger partial charge in [0.15, 0.2) is 0 Å². The van der Waals surface area contributed by atoms with Crippen molar-refractivity contribution < 1.29 is 4.74 Å². The maximum absolute atomic E-state index is 5.55. The quantitative estimate of drug-likeness (QED) is 0.846. The van der Waals surface area contributed by atoms with E-state index in [1.807, 2.05) is 24.4 Å². The van der Waals surface area contributed by atoms with Crippen molar-refractivity contribution >= 4 is 16.7 Å². The van der Waals surface area contributed by atoms with Crippen molar-refractivity contribution in [3.8, 4) is 5.88 Å². The molecule has 1 atom stereocenters. The molecule has 0 aliphatic carbocycles. The summed E-state index contributed by atoms with van der Waals surface area (Å²) in [6.45, 7) is 3.52. The lowest BCUT2D eigenvalue weighted by Crippen LogP contribution is -2.35. The first-order valence-electron chi connectivity index (χ1n) is 7.30. The zero-order valence-electron chi connectivity index (χ0n) is 12.2. The van der Waals surface area contributed by atoms with E-state index in [2.05, 4.69) is 20.2 Å². The Bertz CT molecular complexity index is 618. The molecule has 1 unspecified atom stereocenters. The van der Waals surface area contributed by atoms with E-state index in [4.69, 9.17) is 10.5 Å². The predicted molar refractivity (Wildman–Crippen MR) is 83.8 cm³/mol. The van der Waals surface area contributed by atoms with Crippen LogP contribution in [0.4, 0.5) is 5.69 Å². The largest absolute Gasteiger partial charge is 0.481 e. The molecule has 0 radical (unpaired) electrons. The van der Waals surface area contributed by atoms with Crippen LogP contribution >= 0.6 is 0 Å². The van der Waals surface area contributed by atoms with Gasteiger partial charge in [-0.15, -0.1) is 0 Å². The minimum absolute atomic E-state index is 0.488. The molecular weight excluding hydrogens is 266 g/mol. The van der Waals surface area contributed by atoms with Gasteiger partial charge in [-0.25, -0.2) is 4.98 Å². The zero-order valence-corrected chi connectivity index (χ0v) is 12.2. The number of nitrogens with two attached hydrogens (primary N) is 1. The number of aromatic nitrogens is 2. The third-order valence-corrected chi connectivity index (χ3v) is 3.85. The number of fused-ring (bicyclic) bond motifs is 1. The average molecular weight is 287 g/mol. The Morgan fingerprint density at radius 2 is 2.33 bits per heavy atom. The van der Waals surface area contributed by atoms with Gasteiger partial charge in [-0.05, 0) is 18.6 Å². The highest BCUT2D eigenvalue weighted by Gasteiger charge is 2.23. The van der Waals surface area contributed by atoms with E-state index < -0.39 is 0 Å². The summed E-state index contributed by atoms with van der Waals surface area (Å²) in [4.78, 5) is 11.3. The van der Waals surface area contributed by atoms with Crippen LogP contribution in [-0.2, 0) is 0 Å². The molecule has 3 heterocycles. The van der Waals surface area contributed by atoms with Crippen LogP contribution in [-0.4, -0.2) is 49.3 Å². The molecular formula is C15H21N5O. The number of anilines is 1. The van der Waals surface area contributed by atoms with E-state index in [-0.39, 0.29) is 0 Å². The lowest BCUT2D eigenvalue weighted by atomic mass is 10.2. The van der Waals surface area contributed by atoms with Crippen LogP contribution in [0.2, 0.25) is 0 Å². The second-order valence-electron chi connectivity index (χ2n) is 5.23. The molecule has 3 rings (SSSR count). The molecule has 0 aromatic carbocycles. The number of nitrogens with zero attached hydrogens (tertiary/aromatic N) is 3. The Labute approximate surface area is 124 Å². The summed E-state index contributed by atoms with van der Waals surface area (Å²) >= 11 is 0. The third kappa shape index (κ3) is 2.91. The molecule has 1 aliphatic rings. The lowest BCUT2D eigenvalue weighted by molar-refractivity contribution is 0.399. The lowest BCUT2D eigenvalue weighted by Gasteiger charge is -2.20. The van der Waals surface area contributed by atoms with Crippen LogP contribution in [0.25, 0.3) is 11.0 Å². The van der Waals surface area contributed by atoms with E-state index in [0.717, 1.165) is 42.8 Å². The molecule has 1 fully saturated rings. The Morgan fingerprint density at radius 3 is 3.14 bits per heavy atom. The highest BCUT2D eigenvalue weighted by atomic mass is 16.5. The van der Waals surface area contributed by atoms with Gasteiger partial charge in [0, 0.05) is 44.5 Å². The van der Waals surface area contributed by atoms with Crippen molar-refractivity contribution in [2.75, 3.05) is 38.2 Å². The molecule has 112 valence electrons. The highest BCUT2D eigenvalue weighted by Crippen LogP contribution is 2.28. The number of methoxy groups -OCH3 is 1. The minimum Gasteiger partial charge on any atom is -0.481 e. The van der Waals surface area contributed by atoms with Gasteiger partial charge in [-0.3, -0.25) is 4.98 Å². The monoisotopic (exact) mass is 287 g/mol. The maximum Gasteiger partial charge on any atom is 0.213 e. The van der Waals surface area contributed by atoms with E-state index >= 15 is 0 Å². The summed E-state index contributed by atoms with van der Waals surface area (Å²) in [5.41, 5.74) is 8.47. The third-order valence-electron chi connectivity index (χ3n) is 3.85. The van der Waals surface area contributed by atoms with Gasteiger partial charge in [-0.1, -0.05) is 0 Å². The van der Waals surface area contributed by atoms with Crippen molar-refractivity contribution in [3.63, 3.8) is 0 Å². The van der Waals surface area contributed by atoms with Gasteiger partial charge >= 0.3 is 0 Å². The van der Waals surface area contributed by atoms with Crippen molar-refractivity contribution in [3.05, 3.63) is 24.4 Å². The first kappa shape index (κ1) is 14.0. The number of nitrogens with one attached hydrogen (secondary N) is 1. The van der Waals surface area contributed by atoms with Crippen molar-refractivity contribution in [1.29, 1.82) is 0 Å². The van der Waals surface area contributed by atoms with Crippen molar-refractivity contribution in [1.82, 2.24) is 15.3 Å². The zero-order chi connectivity index (χ0) is 14.7. The topological polar surface area (TPSA) is 76.3 Å². The van der Waals surface area contributed by atoms with Gasteiger partial charge < -0.3 is 20.7 Å². The summed E-state index contributed by atoms with van der Waals surface area (Å²) in [6, 6.07) is 6.31. The number of ether oxygens (including phenoxy) is 1. The SMILES string of the molecule is COc1ccc2nccc(N3CCC(NCCN)C3)c2n1. The van der Waals surface area contributed by atoms with E-state index in [0.29, 0.717) is 18.5 Å². The molecule has 0 saturated carbocycles. The van der Waals surface area contributed by atoms with Crippen LogP contribution in [0.3, 0.4) is 0 Å². The molecule has 6 nitrogen and oxygen atoms in total. The minimum atomic E-state index is 0.488. The summed E-state index contributed by atoms with van der Waals surface area (Å²) in [6.07, 6.45) is 2.96. The van der Waals surface area contributed by atoms with E-state index in [1.165, 1.54) is 0 Å². The molecule has 1 saturated heterocycles. The van der Waals surface area contributed by atoms with Crippen LogP contribution in [0.5, 0.6) is 5.88 Å². The number of hydrogen-bond donors (Lipinski definition) is 2. The molecule has 0 bridgehead atoms. The predicted octanol–water partition coefficient (Wildman–Crippen LogP) is 0.765. The Balaban J connectivity index is 1.86. The maximum atomic E-state index is 5.55. The fraction of sp³-hybridized carbons (Fsp3) is 0.467. The number of rotatable bonds is 5. The second kappa shape index (κ2) is 6.24. The normalized spacial score (nSPS) is 18.4. The fourth-order valence-electron chi connectivity index (χ4n) is 2.80. The molecule has 0 spiro atoms.